The first kappa shape index (κ1) is 16.6. The molecule has 1 heterocycles. The van der Waals surface area contributed by atoms with Crippen molar-refractivity contribution >= 4 is 17.3 Å². The summed E-state index contributed by atoms with van der Waals surface area (Å²) in [6.07, 6.45) is 3.52. The summed E-state index contributed by atoms with van der Waals surface area (Å²) in [7, 11) is 0. The smallest absolute Gasteiger partial charge is 0.0426 e. The van der Waals surface area contributed by atoms with Gasteiger partial charge in [0.25, 0.3) is 0 Å². The van der Waals surface area contributed by atoms with E-state index in [4.69, 9.17) is 17.3 Å². The molecule has 1 atom stereocenters. The zero-order valence-electron chi connectivity index (χ0n) is 13.3. The van der Waals surface area contributed by atoms with Gasteiger partial charge >= 0.3 is 0 Å². The molecule has 1 aromatic rings. The molecule has 2 rings (SSSR count). The molecule has 1 fully saturated rings. The number of nitrogens with two attached hydrogens (primary N) is 1. The van der Waals surface area contributed by atoms with Gasteiger partial charge < -0.3 is 10.6 Å². The SMILES string of the molecule is CCCC(CC)(CN)N1CCN(c2cccc(Cl)c2)CC1. The van der Waals surface area contributed by atoms with Gasteiger partial charge in [0, 0.05) is 49.0 Å². The van der Waals surface area contributed by atoms with Gasteiger partial charge in [0.1, 0.15) is 0 Å². The van der Waals surface area contributed by atoms with Gasteiger partial charge in [0.05, 0.1) is 0 Å². The highest BCUT2D eigenvalue weighted by molar-refractivity contribution is 6.30. The quantitative estimate of drug-likeness (QED) is 0.874. The molecule has 118 valence electrons. The van der Waals surface area contributed by atoms with Crippen molar-refractivity contribution in [2.75, 3.05) is 37.6 Å². The Morgan fingerprint density at radius 3 is 2.43 bits per heavy atom. The van der Waals surface area contributed by atoms with Crippen LogP contribution >= 0.6 is 11.6 Å². The maximum absolute atomic E-state index is 6.13. The van der Waals surface area contributed by atoms with Crippen molar-refractivity contribution in [1.82, 2.24) is 4.90 Å². The van der Waals surface area contributed by atoms with Gasteiger partial charge in [-0.3, -0.25) is 4.90 Å². The molecule has 0 saturated carbocycles. The minimum Gasteiger partial charge on any atom is -0.369 e. The highest BCUT2D eigenvalue weighted by atomic mass is 35.5. The van der Waals surface area contributed by atoms with Gasteiger partial charge in [0.2, 0.25) is 0 Å². The summed E-state index contributed by atoms with van der Waals surface area (Å²) < 4.78 is 0. The molecule has 1 aliphatic rings. The summed E-state index contributed by atoms with van der Waals surface area (Å²) in [6.45, 7) is 9.54. The lowest BCUT2D eigenvalue weighted by Crippen LogP contribution is -2.60. The second-order valence-corrected chi connectivity index (χ2v) is 6.42. The maximum Gasteiger partial charge on any atom is 0.0426 e. The van der Waals surface area contributed by atoms with Crippen LogP contribution in [0.1, 0.15) is 33.1 Å². The van der Waals surface area contributed by atoms with Crippen LogP contribution in [0, 0.1) is 0 Å². The molecular weight excluding hydrogens is 282 g/mol. The Bertz CT molecular complexity index is 437. The third kappa shape index (κ3) is 3.71. The summed E-state index contributed by atoms with van der Waals surface area (Å²) in [5.41, 5.74) is 7.55. The third-order valence-corrected chi connectivity index (χ3v) is 5.11. The number of halogens is 1. The van der Waals surface area contributed by atoms with Crippen molar-refractivity contribution in [2.45, 2.75) is 38.6 Å². The number of piperazine rings is 1. The fraction of sp³-hybridized carbons (Fsp3) is 0.647. The normalized spacial score (nSPS) is 19.5. The summed E-state index contributed by atoms with van der Waals surface area (Å²) >= 11 is 6.10. The minimum atomic E-state index is 0.190. The van der Waals surface area contributed by atoms with Crippen LogP contribution < -0.4 is 10.6 Å². The van der Waals surface area contributed by atoms with Crippen LogP contribution in [0.25, 0.3) is 0 Å². The first-order chi connectivity index (χ1) is 10.1. The van der Waals surface area contributed by atoms with Crippen molar-refractivity contribution in [2.24, 2.45) is 5.73 Å². The molecule has 1 aromatic carbocycles. The summed E-state index contributed by atoms with van der Waals surface area (Å²) in [6, 6.07) is 8.15. The molecule has 0 spiro atoms. The van der Waals surface area contributed by atoms with E-state index < -0.39 is 0 Å². The molecule has 3 nitrogen and oxygen atoms in total. The van der Waals surface area contributed by atoms with Crippen molar-refractivity contribution in [1.29, 1.82) is 0 Å². The predicted molar refractivity (Wildman–Crippen MR) is 92.2 cm³/mol. The monoisotopic (exact) mass is 309 g/mol. The molecule has 2 N–H and O–H groups in total. The first-order valence-electron chi connectivity index (χ1n) is 8.11. The van der Waals surface area contributed by atoms with Gasteiger partial charge in [-0.15, -0.1) is 0 Å². The summed E-state index contributed by atoms with van der Waals surface area (Å²) in [4.78, 5) is 5.03. The maximum atomic E-state index is 6.13. The van der Waals surface area contributed by atoms with E-state index >= 15 is 0 Å². The second kappa shape index (κ2) is 7.48. The number of hydrogen-bond donors (Lipinski definition) is 1. The van der Waals surface area contributed by atoms with Gasteiger partial charge in [0.15, 0.2) is 0 Å². The topological polar surface area (TPSA) is 32.5 Å². The number of anilines is 1. The Balaban J connectivity index is 2.02. The van der Waals surface area contributed by atoms with E-state index in [-0.39, 0.29) is 5.54 Å². The van der Waals surface area contributed by atoms with E-state index in [0.29, 0.717) is 0 Å². The summed E-state index contributed by atoms with van der Waals surface area (Å²) in [5.74, 6) is 0. The summed E-state index contributed by atoms with van der Waals surface area (Å²) in [5, 5.41) is 0.811. The number of nitrogens with zero attached hydrogens (tertiary/aromatic N) is 2. The van der Waals surface area contributed by atoms with E-state index in [1.165, 1.54) is 18.5 Å². The number of rotatable bonds is 6. The molecule has 1 aliphatic heterocycles. The number of benzene rings is 1. The van der Waals surface area contributed by atoms with E-state index in [0.717, 1.165) is 44.2 Å². The van der Waals surface area contributed by atoms with Crippen LogP contribution in [0.2, 0.25) is 5.02 Å². The standard InChI is InChI=1S/C17H28ClN3/c1-3-8-17(4-2,14-19)21-11-9-20(10-12-21)16-7-5-6-15(18)13-16/h5-7,13H,3-4,8-12,14,19H2,1-2H3. The zero-order valence-corrected chi connectivity index (χ0v) is 14.1. The van der Waals surface area contributed by atoms with Crippen molar-refractivity contribution < 1.29 is 0 Å². The minimum absolute atomic E-state index is 0.190. The third-order valence-electron chi connectivity index (χ3n) is 4.88. The van der Waals surface area contributed by atoms with Gasteiger partial charge in [-0.25, -0.2) is 0 Å². The van der Waals surface area contributed by atoms with Crippen LogP contribution in [0.3, 0.4) is 0 Å². The molecule has 0 bridgehead atoms. The molecule has 21 heavy (non-hydrogen) atoms. The van der Waals surface area contributed by atoms with Crippen LogP contribution in [-0.4, -0.2) is 43.2 Å². The highest BCUT2D eigenvalue weighted by Gasteiger charge is 2.34. The van der Waals surface area contributed by atoms with E-state index in [2.05, 4.69) is 35.8 Å². The number of hydrogen-bond acceptors (Lipinski definition) is 3. The second-order valence-electron chi connectivity index (χ2n) is 5.99. The van der Waals surface area contributed by atoms with E-state index in [1.54, 1.807) is 0 Å². The lowest BCUT2D eigenvalue weighted by molar-refractivity contribution is 0.0734. The molecule has 1 saturated heterocycles. The fourth-order valence-corrected chi connectivity index (χ4v) is 3.70. The Labute approximate surface area is 134 Å². The first-order valence-corrected chi connectivity index (χ1v) is 8.48. The van der Waals surface area contributed by atoms with Crippen LogP contribution in [0.5, 0.6) is 0 Å². The van der Waals surface area contributed by atoms with Gasteiger partial charge in [-0.1, -0.05) is 37.9 Å². The highest BCUT2D eigenvalue weighted by Crippen LogP contribution is 2.28. The zero-order chi connectivity index (χ0) is 15.3. The Morgan fingerprint density at radius 2 is 1.90 bits per heavy atom. The lowest BCUT2D eigenvalue weighted by Gasteiger charge is -2.47. The van der Waals surface area contributed by atoms with E-state index in [1.807, 2.05) is 12.1 Å². The van der Waals surface area contributed by atoms with Gasteiger partial charge in [-0.2, -0.15) is 0 Å². The molecule has 0 aliphatic carbocycles. The fourth-order valence-electron chi connectivity index (χ4n) is 3.51. The Hall–Kier alpha value is -0.770. The Kier molecular flexibility index (Phi) is 5.91. The molecule has 0 aromatic heterocycles. The average Bonchev–Trinajstić information content (AvgIpc) is 2.53. The van der Waals surface area contributed by atoms with Crippen LogP contribution in [-0.2, 0) is 0 Å². The van der Waals surface area contributed by atoms with Crippen LogP contribution in [0.15, 0.2) is 24.3 Å². The largest absolute Gasteiger partial charge is 0.369 e. The predicted octanol–water partition coefficient (Wildman–Crippen LogP) is 3.37. The van der Waals surface area contributed by atoms with Crippen LogP contribution in [0.4, 0.5) is 5.69 Å². The average molecular weight is 310 g/mol. The van der Waals surface area contributed by atoms with E-state index in [9.17, 15) is 0 Å². The van der Waals surface area contributed by atoms with Gasteiger partial charge in [-0.05, 0) is 31.0 Å². The molecule has 0 radical (unpaired) electrons. The van der Waals surface area contributed by atoms with Crippen molar-refractivity contribution in [3.05, 3.63) is 29.3 Å². The molecule has 4 heteroatoms. The lowest BCUT2D eigenvalue weighted by atomic mass is 9.88. The molecule has 1 unspecified atom stereocenters. The van der Waals surface area contributed by atoms with Crippen molar-refractivity contribution in [3.63, 3.8) is 0 Å². The van der Waals surface area contributed by atoms with Crippen molar-refractivity contribution in [3.8, 4) is 0 Å². The Morgan fingerprint density at radius 1 is 1.19 bits per heavy atom. The molecular formula is C17H28ClN3. The molecule has 0 amide bonds.